The molecule has 1 aromatic heterocycles. The lowest BCUT2D eigenvalue weighted by Gasteiger charge is -2.13. The fourth-order valence-corrected chi connectivity index (χ4v) is 4.72. The zero-order valence-corrected chi connectivity index (χ0v) is 18.2. The molecule has 152 valence electrons. The van der Waals surface area contributed by atoms with Gasteiger partial charge < -0.3 is 5.73 Å². The van der Waals surface area contributed by atoms with E-state index in [0.717, 1.165) is 44.1 Å². The molecule has 0 unspecified atom stereocenters. The van der Waals surface area contributed by atoms with Crippen molar-refractivity contribution in [2.75, 3.05) is 11.0 Å². The summed E-state index contributed by atoms with van der Waals surface area (Å²) in [4.78, 5) is 17.0. The summed E-state index contributed by atoms with van der Waals surface area (Å²) in [5.74, 6) is -0.362. The number of aromatic nitrogens is 1. The summed E-state index contributed by atoms with van der Waals surface area (Å²) in [7, 11) is -3.37. The molecule has 0 radical (unpaired) electrons. The first-order valence-electron chi connectivity index (χ1n) is 9.06. The average Bonchev–Trinajstić information content (AvgIpc) is 2.96. The third kappa shape index (κ3) is 5.42. The summed E-state index contributed by atoms with van der Waals surface area (Å²) < 4.78 is 25.6. The maximum Gasteiger partial charge on any atom is 0.229 e. The lowest BCUT2D eigenvalue weighted by Crippen LogP contribution is -2.11. The van der Waals surface area contributed by atoms with Crippen molar-refractivity contribution >= 4 is 33.0 Å². The van der Waals surface area contributed by atoms with Crippen LogP contribution in [0.3, 0.4) is 0 Å². The molecule has 2 aromatic carbocycles. The summed E-state index contributed by atoms with van der Waals surface area (Å²) >= 11 is 1.63. The number of primary amides is 1. The fourth-order valence-electron chi connectivity index (χ4n) is 3.24. The van der Waals surface area contributed by atoms with E-state index >= 15 is 0 Å². The van der Waals surface area contributed by atoms with Gasteiger partial charge >= 0.3 is 0 Å². The number of benzene rings is 2. The third-order valence-electron chi connectivity index (χ3n) is 4.39. The lowest BCUT2D eigenvalue weighted by molar-refractivity contribution is -0.117. The maximum atomic E-state index is 11.6. The number of aryl methyl sites for hydroxylation is 3. The Kier molecular flexibility index (Phi) is 6.04. The molecule has 3 aromatic rings. The smallest absolute Gasteiger partial charge is 0.229 e. The highest BCUT2D eigenvalue weighted by Crippen LogP contribution is 2.35. The Morgan fingerprint density at radius 3 is 2.52 bits per heavy atom. The van der Waals surface area contributed by atoms with Gasteiger partial charge in [-0.2, -0.15) is 0 Å². The van der Waals surface area contributed by atoms with Crippen LogP contribution in [0.5, 0.6) is 0 Å². The summed E-state index contributed by atoms with van der Waals surface area (Å²) in [6.45, 7) is 3.96. The van der Waals surface area contributed by atoms with E-state index in [1.165, 1.54) is 0 Å². The van der Waals surface area contributed by atoms with Crippen molar-refractivity contribution in [3.8, 4) is 21.6 Å². The van der Waals surface area contributed by atoms with Crippen LogP contribution in [0.25, 0.3) is 21.6 Å². The van der Waals surface area contributed by atoms with E-state index in [4.69, 9.17) is 5.73 Å². The van der Waals surface area contributed by atoms with E-state index in [9.17, 15) is 13.2 Å². The Labute approximate surface area is 174 Å². The largest absolute Gasteiger partial charge is 0.370 e. The van der Waals surface area contributed by atoms with Crippen molar-refractivity contribution in [1.82, 2.24) is 4.98 Å². The molecule has 3 rings (SSSR count). The quantitative estimate of drug-likeness (QED) is 0.595. The normalized spacial score (nSPS) is 11.4. The molecule has 0 fully saturated rings. The standard InChI is InChI=1S/C21H23N3O3S2/c1-13-21(28-14(2)23-13)17-7-9-19(16(11-17)8-10-20(22)25)15-5-4-6-18(12-15)24-29(3,26)27/h4-7,9,11-12,24H,8,10H2,1-3H3,(H2,22,25). The minimum atomic E-state index is -3.37. The minimum absolute atomic E-state index is 0.235. The van der Waals surface area contributed by atoms with E-state index in [-0.39, 0.29) is 12.3 Å². The van der Waals surface area contributed by atoms with Gasteiger partial charge in [0.1, 0.15) is 0 Å². The van der Waals surface area contributed by atoms with E-state index in [0.29, 0.717) is 12.1 Å². The first-order chi connectivity index (χ1) is 13.6. The van der Waals surface area contributed by atoms with Crippen molar-refractivity contribution in [1.29, 1.82) is 0 Å². The molecule has 0 spiro atoms. The second-order valence-corrected chi connectivity index (χ2v) is 9.89. The Bertz CT molecular complexity index is 1170. The molecule has 0 saturated heterocycles. The molecule has 0 saturated carbocycles. The molecular formula is C21H23N3O3S2. The number of hydrogen-bond acceptors (Lipinski definition) is 5. The molecule has 3 N–H and O–H groups in total. The average molecular weight is 430 g/mol. The van der Waals surface area contributed by atoms with Gasteiger partial charge in [-0.05, 0) is 60.7 Å². The van der Waals surface area contributed by atoms with Crippen molar-refractivity contribution in [2.24, 2.45) is 5.73 Å². The number of nitrogens with zero attached hydrogens (tertiary/aromatic N) is 1. The SMILES string of the molecule is Cc1nc(C)c(-c2ccc(-c3cccc(NS(C)(=O)=O)c3)c(CCC(N)=O)c2)s1. The lowest BCUT2D eigenvalue weighted by atomic mass is 9.93. The first kappa shape index (κ1) is 21.0. The second-order valence-electron chi connectivity index (χ2n) is 6.94. The molecule has 29 heavy (non-hydrogen) atoms. The molecule has 6 nitrogen and oxygen atoms in total. The van der Waals surface area contributed by atoms with E-state index in [1.54, 1.807) is 29.5 Å². The number of rotatable bonds is 7. The van der Waals surface area contributed by atoms with Crippen molar-refractivity contribution in [3.05, 3.63) is 58.7 Å². The Balaban J connectivity index is 2.07. The summed E-state index contributed by atoms with van der Waals surface area (Å²) in [5, 5.41) is 1.000. The minimum Gasteiger partial charge on any atom is -0.370 e. The zero-order chi connectivity index (χ0) is 21.2. The first-order valence-corrected chi connectivity index (χ1v) is 11.8. The number of anilines is 1. The molecule has 0 aliphatic heterocycles. The highest BCUT2D eigenvalue weighted by atomic mass is 32.2. The number of nitrogens with one attached hydrogen (secondary N) is 1. The second kappa shape index (κ2) is 8.34. The number of sulfonamides is 1. The van der Waals surface area contributed by atoms with Crippen LogP contribution < -0.4 is 10.5 Å². The van der Waals surface area contributed by atoms with Crippen molar-refractivity contribution < 1.29 is 13.2 Å². The Hall–Kier alpha value is -2.71. The van der Waals surface area contributed by atoms with Crippen LogP contribution in [0.4, 0.5) is 5.69 Å². The summed E-state index contributed by atoms with van der Waals surface area (Å²) in [6.07, 6.45) is 1.85. The molecule has 0 aliphatic rings. The van der Waals surface area contributed by atoms with E-state index in [2.05, 4.69) is 15.8 Å². The summed E-state index contributed by atoms with van der Waals surface area (Å²) in [5.41, 5.74) is 10.7. The van der Waals surface area contributed by atoms with Crippen LogP contribution in [0.15, 0.2) is 42.5 Å². The van der Waals surface area contributed by atoms with E-state index < -0.39 is 10.0 Å². The van der Waals surface area contributed by atoms with Crippen LogP contribution in [0, 0.1) is 13.8 Å². The van der Waals surface area contributed by atoms with Crippen LogP contribution in [-0.2, 0) is 21.2 Å². The van der Waals surface area contributed by atoms with Gasteiger partial charge in [0.25, 0.3) is 0 Å². The van der Waals surface area contributed by atoms with Gasteiger partial charge in [0.15, 0.2) is 0 Å². The molecule has 0 atom stereocenters. The number of carbonyl (C=O) groups is 1. The molecule has 0 bridgehead atoms. The Morgan fingerprint density at radius 2 is 1.90 bits per heavy atom. The molecule has 8 heteroatoms. The maximum absolute atomic E-state index is 11.6. The highest BCUT2D eigenvalue weighted by molar-refractivity contribution is 7.92. The van der Waals surface area contributed by atoms with Crippen LogP contribution in [-0.4, -0.2) is 25.6 Å². The van der Waals surface area contributed by atoms with Crippen LogP contribution in [0.2, 0.25) is 0 Å². The predicted octanol–water partition coefficient (Wildman–Crippen LogP) is 3.88. The highest BCUT2D eigenvalue weighted by Gasteiger charge is 2.13. The van der Waals surface area contributed by atoms with Gasteiger partial charge in [0.05, 0.1) is 21.8 Å². The molecule has 1 heterocycles. The van der Waals surface area contributed by atoms with Gasteiger partial charge in [0.2, 0.25) is 15.9 Å². The van der Waals surface area contributed by atoms with Gasteiger partial charge in [-0.1, -0.05) is 24.3 Å². The predicted molar refractivity (Wildman–Crippen MR) is 118 cm³/mol. The van der Waals surface area contributed by atoms with Crippen LogP contribution in [0.1, 0.15) is 22.7 Å². The number of hydrogen-bond donors (Lipinski definition) is 2. The van der Waals surface area contributed by atoms with Gasteiger partial charge in [-0.25, -0.2) is 13.4 Å². The number of carbonyl (C=O) groups excluding carboxylic acids is 1. The van der Waals surface area contributed by atoms with Gasteiger partial charge in [0, 0.05) is 12.1 Å². The number of thiazole rings is 1. The molecular weight excluding hydrogens is 406 g/mol. The van der Waals surface area contributed by atoms with Crippen LogP contribution >= 0.6 is 11.3 Å². The molecule has 0 aliphatic carbocycles. The summed E-state index contributed by atoms with van der Waals surface area (Å²) in [6, 6.07) is 13.3. The topological polar surface area (TPSA) is 102 Å². The third-order valence-corrected chi connectivity index (χ3v) is 6.12. The Morgan fingerprint density at radius 1 is 1.14 bits per heavy atom. The molecule has 1 amide bonds. The number of amides is 1. The van der Waals surface area contributed by atoms with E-state index in [1.807, 2.05) is 32.0 Å². The van der Waals surface area contributed by atoms with Crippen molar-refractivity contribution in [2.45, 2.75) is 26.7 Å². The van der Waals surface area contributed by atoms with Gasteiger partial charge in [-0.3, -0.25) is 9.52 Å². The number of nitrogens with two attached hydrogens (primary N) is 1. The zero-order valence-electron chi connectivity index (χ0n) is 16.5. The van der Waals surface area contributed by atoms with Crippen molar-refractivity contribution in [3.63, 3.8) is 0 Å². The monoisotopic (exact) mass is 429 g/mol. The fraction of sp³-hybridized carbons (Fsp3) is 0.238. The van der Waals surface area contributed by atoms with Gasteiger partial charge in [-0.15, -0.1) is 11.3 Å².